The first-order valence-corrected chi connectivity index (χ1v) is 8.11. The first-order valence-electron chi connectivity index (χ1n) is 8.11. The van der Waals surface area contributed by atoms with Gasteiger partial charge in [0.2, 0.25) is 5.91 Å². The quantitative estimate of drug-likeness (QED) is 0.695. The molecular weight excluding hydrogens is 355 g/mol. The number of aryl methyl sites for hydroxylation is 1. The van der Waals surface area contributed by atoms with E-state index in [1.165, 1.54) is 30.5 Å². The standard InChI is InChI=1S/C20H16F3N3O/c1-26-12-11-24-20(26)19(14-5-2-3-6-17(14)23)25-18(27)10-9-13-15(21)7-4-8-16(13)22/h2-12,19H,1H3,(H,25,27)/b10-9-/t19-/m0/s1. The number of benzene rings is 2. The topological polar surface area (TPSA) is 46.9 Å². The van der Waals surface area contributed by atoms with Gasteiger partial charge in [-0.1, -0.05) is 24.3 Å². The maximum absolute atomic E-state index is 14.3. The largest absolute Gasteiger partial charge is 0.338 e. The Balaban J connectivity index is 1.89. The van der Waals surface area contributed by atoms with Crippen LogP contribution in [0.1, 0.15) is 23.0 Å². The molecule has 7 heteroatoms. The lowest BCUT2D eigenvalue weighted by Gasteiger charge is -2.19. The molecule has 0 spiro atoms. The van der Waals surface area contributed by atoms with E-state index in [1.807, 2.05) is 0 Å². The van der Waals surface area contributed by atoms with Gasteiger partial charge in [-0.05, 0) is 24.3 Å². The number of hydrogen-bond donors (Lipinski definition) is 1. The van der Waals surface area contributed by atoms with E-state index < -0.39 is 29.4 Å². The summed E-state index contributed by atoms with van der Waals surface area (Å²) >= 11 is 0. The summed E-state index contributed by atoms with van der Waals surface area (Å²) in [5.41, 5.74) is -0.0993. The molecule has 1 heterocycles. The number of rotatable bonds is 5. The summed E-state index contributed by atoms with van der Waals surface area (Å²) in [5.74, 6) is -2.30. The molecule has 0 aliphatic heterocycles. The number of aromatic nitrogens is 2. The van der Waals surface area contributed by atoms with Gasteiger partial charge in [-0.3, -0.25) is 4.79 Å². The monoisotopic (exact) mass is 371 g/mol. The van der Waals surface area contributed by atoms with Crippen molar-refractivity contribution >= 4 is 12.0 Å². The SMILES string of the molecule is Cn1ccnc1[C@@H](NC(=O)/C=C\c1c(F)cccc1F)c1ccccc1F. The highest BCUT2D eigenvalue weighted by Gasteiger charge is 2.22. The smallest absolute Gasteiger partial charge is 0.244 e. The van der Waals surface area contributed by atoms with Crippen molar-refractivity contribution in [3.8, 4) is 0 Å². The lowest BCUT2D eigenvalue weighted by atomic mass is 10.1. The van der Waals surface area contributed by atoms with Gasteiger partial charge < -0.3 is 9.88 Å². The van der Waals surface area contributed by atoms with Crippen molar-refractivity contribution < 1.29 is 18.0 Å². The molecule has 0 bridgehead atoms. The molecule has 3 aromatic rings. The van der Waals surface area contributed by atoms with Crippen LogP contribution in [-0.4, -0.2) is 15.5 Å². The van der Waals surface area contributed by atoms with E-state index in [0.717, 1.165) is 24.3 Å². The first-order chi connectivity index (χ1) is 13.0. The maximum atomic E-state index is 14.3. The minimum Gasteiger partial charge on any atom is -0.338 e. The van der Waals surface area contributed by atoms with Gasteiger partial charge in [0, 0.05) is 36.6 Å². The highest BCUT2D eigenvalue weighted by Crippen LogP contribution is 2.23. The molecule has 138 valence electrons. The van der Waals surface area contributed by atoms with Crippen LogP contribution in [-0.2, 0) is 11.8 Å². The number of carbonyl (C=O) groups is 1. The molecule has 4 nitrogen and oxygen atoms in total. The fraction of sp³-hybridized carbons (Fsp3) is 0.100. The molecule has 0 radical (unpaired) electrons. The zero-order valence-electron chi connectivity index (χ0n) is 14.4. The van der Waals surface area contributed by atoms with Crippen LogP contribution in [0.25, 0.3) is 6.08 Å². The fourth-order valence-corrected chi connectivity index (χ4v) is 2.67. The van der Waals surface area contributed by atoms with E-state index in [2.05, 4.69) is 10.3 Å². The average Bonchev–Trinajstić information content (AvgIpc) is 3.06. The van der Waals surface area contributed by atoms with Crippen LogP contribution in [0.4, 0.5) is 13.2 Å². The Morgan fingerprint density at radius 1 is 1.07 bits per heavy atom. The van der Waals surface area contributed by atoms with Crippen LogP contribution >= 0.6 is 0 Å². The second-order valence-electron chi connectivity index (χ2n) is 5.83. The first kappa shape index (κ1) is 18.4. The van der Waals surface area contributed by atoms with Gasteiger partial charge in [0.1, 0.15) is 29.3 Å². The maximum Gasteiger partial charge on any atom is 0.244 e. The molecule has 2 aromatic carbocycles. The molecule has 0 aliphatic carbocycles. The summed E-state index contributed by atoms with van der Waals surface area (Å²) < 4.78 is 43.3. The molecular formula is C20H16F3N3O. The van der Waals surface area contributed by atoms with Gasteiger partial charge in [-0.2, -0.15) is 0 Å². The normalized spacial score (nSPS) is 12.3. The summed E-state index contributed by atoms with van der Waals surface area (Å²) in [5, 5.41) is 2.63. The average molecular weight is 371 g/mol. The second kappa shape index (κ2) is 7.90. The van der Waals surface area contributed by atoms with E-state index in [4.69, 9.17) is 0 Å². The fourth-order valence-electron chi connectivity index (χ4n) is 2.67. The summed E-state index contributed by atoms with van der Waals surface area (Å²) in [6.45, 7) is 0. The molecule has 0 saturated heterocycles. The van der Waals surface area contributed by atoms with E-state index in [9.17, 15) is 18.0 Å². The number of nitrogens with zero attached hydrogens (tertiary/aromatic N) is 2. The van der Waals surface area contributed by atoms with Gasteiger partial charge in [-0.25, -0.2) is 18.2 Å². The number of amides is 1. The minimum absolute atomic E-state index is 0.227. The number of imidazole rings is 1. The molecule has 3 rings (SSSR count). The molecule has 0 unspecified atom stereocenters. The molecule has 0 aliphatic rings. The molecule has 1 atom stereocenters. The summed E-state index contributed by atoms with van der Waals surface area (Å²) in [6, 6.07) is 8.55. The molecule has 0 saturated carbocycles. The van der Waals surface area contributed by atoms with Gasteiger partial charge in [0.05, 0.1) is 0 Å². The summed E-state index contributed by atoms with van der Waals surface area (Å²) in [7, 11) is 1.72. The van der Waals surface area contributed by atoms with E-state index in [1.54, 1.807) is 23.9 Å². The third kappa shape index (κ3) is 4.08. The highest BCUT2D eigenvalue weighted by molar-refractivity contribution is 5.92. The van der Waals surface area contributed by atoms with Crippen LogP contribution in [0.3, 0.4) is 0 Å². The lowest BCUT2D eigenvalue weighted by molar-refractivity contribution is -0.117. The van der Waals surface area contributed by atoms with Gasteiger partial charge in [0.15, 0.2) is 0 Å². The Labute approximate surface area is 154 Å². The lowest BCUT2D eigenvalue weighted by Crippen LogP contribution is -2.30. The van der Waals surface area contributed by atoms with Crippen molar-refractivity contribution in [2.75, 3.05) is 0 Å². The Morgan fingerprint density at radius 2 is 1.74 bits per heavy atom. The van der Waals surface area contributed by atoms with Gasteiger partial charge in [0.25, 0.3) is 0 Å². The van der Waals surface area contributed by atoms with Gasteiger partial charge >= 0.3 is 0 Å². The number of hydrogen-bond acceptors (Lipinski definition) is 2. The number of nitrogens with one attached hydrogen (secondary N) is 1. The number of halogens is 3. The third-order valence-corrected chi connectivity index (χ3v) is 4.02. The van der Waals surface area contributed by atoms with Crippen LogP contribution < -0.4 is 5.32 Å². The highest BCUT2D eigenvalue weighted by atomic mass is 19.1. The summed E-state index contributed by atoms with van der Waals surface area (Å²) in [6.07, 6.45) is 5.23. The van der Waals surface area contributed by atoms with Crippen molar-refractivity contribution in [1.82, 2.24) is 14.9 Å². The van der Waals surface area contributed by atoms with E-state index in [0.29, 0.717) is 5.82 Å². The van der Waals surface area contributed by atoms with E-state index >= 15 is 0 Å². The Morgan fingerprint density at radius 3 is 2.37 bits per heavy atom. The van der Waals surface area contributed by atoms with Crippen molar-refractivity contribution in [3.63, 3.8) is 0 Å². The second-order valence-corrected chi connectivity index (χ2v) is 5.83. The van der Waals surface area contributed by atoms with E-state index in [-0.39, 0.29) is 11.1 Å². The molecule has 1 aromatic heterocycles. The van der Waals surface area contributed by atoms with Crippen LogP contribution in [0.2, 0.25) is 0 Å². The molecule has 0 fully saturated rings. The van der Waals surface area contributed by atoms with Crippen molar-refractivity contribution in [1.29, 1.82) is 0 Å². The molecule has 1 N–H and O–H groups in total. The molecule has 1 amide bonds. The van der Waals surface area contributed by atoms with Crippen LogP contribution in [0.15, 0.2) is 60.9 Å². The summed E-state index contributed by atoms with van der Waals surface area (Å²) in [4.78, 5) is 16.5. The van der Waals surface area contributed by atoms with Gasteiger partial charge in [-0.15, -0.1) is 0 Å². The predicted octanol–water partition coefficient (Wildman–Crippen LogP) is 3.76. The van der Waals surface area contributed by atoms with Crippen molar-refractivity contribution in [3.05, 3.63) is 95.3 Å². The Kier molecular flexibility index (Phi) is 5.40. The predicted molar refractivity (Wildman–Crippen MR) is 95.0 cm³/mol. The number of carbonyl (C=O) groups excluding carboxylic acids is 1. The zero-order valence-corrected chi connectivity index (χ0v) is 14.4. The van der Waals surface area contributed by atoms with Crippen molar-refractivity contribution in [2.24, 2.45) is 7.05 Å². The van der Waals surface area contributed by atoms with Crippen LogP contribution in [0, 0.1) is 17.5 Å². The van der Waals surface area contributed by atoms with Crippen LogP contribution in [0.5, 0.6) is 0 Å². The molecule has 27 heavy (non-hydrogen) atoms. The third-order valence-electron chi connectivity index (χ3n) is 4.02. The Hall–Kier alpha value is -3.35. The minimum atomic E-state index is -0.867. The Bertz CT molecular complexity index is 977. The van der Waals surface area contributed by atoms with Crippen molar-refractivity contribution in [2.45, 2.75) is 6.04 Å². The zero-order chi connectivity index (χ0) is 19.4.